The van der Waals surface area contributed by atoms with Gasteiger partial charge in [0.2, 0.25) is 0 Å². The van der Waals surface area contributed by atoms with Crippen LogP contribution >= 0.6 is 11.6 Å². The maximum atomic E-state index is 13.3. The highest BCUT2D eigenvalue weighted by atomic mass is 35.5. The van der Waals surface area contributed by atoms with Gasteiger partial charge in [0.1, 0.15) is 4.75 Å². The molecule has 0 heterocycles. The molecule has 0 amide bonds. The zero-order chi connectivity index (χ0) is 18.7. The van der Waals surface area contributed by atoms with E-state index in [0.717, 1.165) is 0 Å². The van der Waals surface area contributed by atoms with Crippen molar-refractivity contribution in [2.24, 2.45) is 0 Å². The number of aliphatic hydroxyl groups is 1. The van der Waals surface area contributed by atoms with Crippen LogP contribution in [0, 0.1) is 10.1 Å². The van der Waals surface area contributed by atoms with Crippen LogP contribution in [0.2, 0.25) is 5.02 Å². The zero-order valence-electron chi connectivity index (χ0n) is 13.1. The van der Waals surface area contributed by atoms with Crippen LogP contribution in [0.25, 0.3) is 0 Å². The molecule has 1 N–H and O–H groups in total. The van der Waals surface area contributed by atoms with Crippen LogP contribution in [-0.2, 0) is 14.6 Å². The standard InChI is InChI=1S/C17H16ClNO5S/c1-2-11-17(12-20,13-7-9-14(10-8-13)19(21)22)25(23,24)16-6-4-3-5-15(16)18/h2-10,20H,1,11-12H2. The van der Waals surface area contributed by atoms with Crippen molar-refractivity contribution in [2.75, 3.05) is 6.61 Å². The van der Waals surface area contributed by atoms with Gasteiger partial charge >= 0.3 is 0 Å². The number of nitrogens with zero attached hydrogens (tertiary/aromatic N) is 1. The summed E-state index contributed by atoms with van der Waals surface area (Å²) in [5.74, 6) is 0. The summed E-state index contributed by atoms with van der Waals surface area (Å²) in [6.45, 7) is 2.85. The van der Waals surface area contributed by atoms with Crippen LogP contribution in [0.15, 0.2) is 66.1 Å². The second-order valence-electron chi connectivity index (χ2n) is 5.38. The fourth-order valence-electron chi connectivity index (χ4n) is 2.62. The van der Waals surface area contributed by atoms with Gasteiger partial charge < -0.3 is 5.11 Å². The van der Waals surface area contributed by atoms with Crippen LogP contribution in [0.5, 0.6) is 0 Å². The molecule has 0 aliphatic carbocycles. The summed E-state index contributed by atoms with van der Waals surface area (Å²) in [5.41, 5.74) is 0.0461. The van der Waals surface area contributed by atoms with Gasteiger partial charge in [-0.2, -0.15) is 0 Å². The van der Waals surface area contributed by atoms with Gasteiger partial charge in [-0.3, -0.25) is 10.1 Å². The number of hydrogen-bond acceptors (Lipinski definition) is 5. The van der Waals surface area contributed by atoms with Crippen LogP contribution < -0.4 is 0 Å². The Morgan fingerprint density at radius 1 is 1.20 bits per heavy atom. The maximum absolute atomic E-state index is 13.3. The molecule has 132 valence electrons. The molecule has 0 spiro atoms. The third-order valence-corrected chi connectivity index (χ3v) is 6.91. The first-order valence-electron chi connectivity index (χ1n) is 7.26. The Balaban J connectivity index is 2.71. The summed E-state index contributed by atoms with van der Waals surface area (Å²) in [4.78, 5) is 10.1. The quantitative estimate of drug-likeness (QED) is 0.449. The number of hydrogen-bond donors (Lipinski definition) is 1. The molecule has 0 bridgehead atoms. The van der Waals surface area contributed by atoms with Crippen molar-refractivity contribution in [1.29, 1.82) is 0 Å². The molecule has 0 aromatic heterocycles. The highest BCUT2D eigenvalue weighted by molar-refractivity contribution is 7.92. The number of non-ortho nitro benzene ring substituents is 1. The number of rotatable bonds is 7. The van der Waals surface area contributed by atoms with E-state index >= 15 is 0 Å². The first kappa shape index (κ1) is 19.1. The minimum atomic E-state index is -4.11. The molecular weight excluding hydrogens is 366 g/mol. The average molecular weight is 382 g/mol. The van der Waals surface area contributed by atoms with E-state index in [1.165, 1.54) is 48.5 Å². The average Bonchev–Trinajstić information content (AvgIpc) is 2.59. The number of benzene rings is 2. The number of nitro groups is 1. The second kappa shape index (κ2) is 7.35. The molecule has 1 atom stereocenters. The van der Waals surface area contributed by atoms with Gasteiger partial charge in [-0.15, -0.1) is 6.58 Å². The van der Waals surface area contributed by atoms with Gasteiger partial charge in [-0.05, 0) is 24.1 Å². The Hall–Kier alpha value is -2.22. The van der Waals surface area contributed by atoms with Gasteiger partial charge in [-0.1, -0.05) is 41.9 Å². The Labute approximate surface area is 150 Å². The summed E-state index contributed by atoms with van der Waals surface area (Å²) >= 11 is 6.05. The number of halogens is 1. The zero-order valence-corrected chi connectivity index (χ0v) is 14.7. The molecule has 0 saturated carbocycles. The SMILES string of the molecule is C=CCC(CO)(c1ccc([N+](=O)[O-])cc1)S(=O)(=O)c1ccccc1Cl. The van der Waals surface area contributed by atoms with E-state index in [-0.39, 0.29) is 27.6 Å². The molecule has 1 unspecified atom stereocenters. The molecule has 8 heteroatoms. The van der Waals surface area contributed by atoms with Gasteiger partial charge in [0.25, 0.3) is 5.69 Å². The molecule has 0 aliphatic heterocycles. The first-order valence-corrected chi connectivity index (χ1v) is 9.12. The van der Waals surface area contributed by atoms with E-state index in [9.17, 15) is 23.6 Å². The summed E-state index contributed by atoms with van der Waals surface area (Å²) < 4.78 is 24.8. The lowest BCUT2D eigenvalue weighted by Gasteiger charge is -2.31. The van der Waals surface area contributed by atoms with Gasteiger partial charge in [0, 0.05) is 12.1 Å². The number of sulfone groups is 1. The van der Waals surface area contributed by atoms with Gasteiger partial charge in [-0.25, -0.2) is 8.42 Å². The van der Waals surface area contributed by atoms with E-state index in [4.69, 9.17) is 11.6 Å². The molecule has 6 nitrogen and oxygen atoms in total. The molecule has 0 radical (unpaired) electrons. The smallest absolute Gasteiger partial charge is 0.269 e. The van der Waals surface area contributed by atoms with E-state index in [1.807, 2.05) is 0 Å². The largest absolute Gasteiger partial charge is 0.394 e. The van der Waals surface area contributed by atoms with E-state index in [0.29, 0.717) is 0 Å². The number of nitro benzene ring substituents is 1. The summed E-state index contributed by atoms with van der Waals surface area (Å²) in [5, 5.41) is 20.9. The van der Waals surface area contributed by atoms with Crippen molar-refractivity contribution in [2.45, 2.75) is 16.1 Å². The van der Waals surface area contributed by atoms with Crippen molar-refractivity contribution in [3.63, 3.8) is 0 Å². The van der Waals surface area contributed by atoms with Crippen molar-refractivity contribution < 1.29 is 18.4 Å². The van der Waals surface area contributed by atoms with Crippen molar-refractivity contribution in [3.05, 3.63) is 81.9 Å². The molecular formula is C17H16ClNO5S. The van der Waals surface area contributed by atoms with Gasteiger partial charge in [0.05, 0.1) is 21.4 Å². The lowest BCUT2D eigenvalue weighted by atomic mass is 9.95. The highest BCUT2D eigenvalue weighted by Crippen LogP contribution is 2.41. The van der Waals surface area contributed by atoms with E-state index in [1.54, 1.807) is 6.07 Å². The molecule has 2 rings (SSSR count). The minimum Gasteiger partial charge on any atom is -0.394 e. The van der Waals surface area contributed by atoms with Gasteiger partial charge in [0.15, 0.2) is 9.84 Å². The fraction of sp³-hybridized carbons (Fsp3) is 0.176. The predicted octanol–water partition coefficient (Wildman–Crippen LogP) is 3.49. The topological polar surface area (TPSA) is 97.5 Å². The minimum absolute atomic E-state index is 0.0336. The number of allylic oxidation sites excluding steroid dienone is 1. The first-order chi connectivity index (χ1) is 11.8. The lowest BCUT2D eigenvalue weighted by molar-refractivity contribution is -0.384. The van der Waals surface area contributed by atoms with Crippen LogP contribution in [0.3, 0.4) is 0 Å². The van der Waals surface area contributed by atoms with Crippen LogP contribution in [-0.4, -0.2) is 25.1 Å². The molecule has 0 aliphatic rings. The molecule has 2 aromatic rings. The third-order valence-electron chi connectivity index (χ3n) is 3.97. The fourth-order valence-corrected chi connectivity index (χ4v) is 5.01. The third kappa shape index (κ3) is 3.30. The molecule has 25 heavy (non-hydrogen) atoms. The lowest BCUT2D eigenvalue weighted by Crippen LogP contribution is -2.39. The summed E-state index contributed by atoms with van der Waals surface area (Å²) in [7, 11) is -4.11. The second-order valence-corrected chi connectivity index (χ2v) is 8.02. The van der Waals surface area contributed by atoms with Crippen molar-refractivity contribution in [3.8, 4) is 0 Å². The molecule has 0 fully saturated rings. The van der Waals surface area contributed by atoms with Crippen molar-refractivity contribution >= 4 is 27.1 Å². The highest BCUT2D eigenvalue weighted by Gasteiger charge is 2.46. The Morgan fingerprint density at radius 3 is 2.28 bits per heavy atom. The monoisotopic (exact) mass is 381 g/mol. The Bertz CT molecular complexity index is 896. The van der Waals surface area contributed by atoms with E-state index < -0.39 is 26.1 Å². The van der Waals surface area contributed by atoms with E-state index in [2.05, 4.69) is 6.58 Å². The summed E-state index contributed by atoms with van der Waals surface area (Å²) in [6.07, 6.45) is 1.29. The molecule has 2 aromatic carbocycles. The molecule has 0 saturated heterocycles. The number of aliphatic hydroxyl groups excluding tert-OH is 1. The Morgan fingerprint density at radius 2 is 1.80 bits per heavy atom. The van der Waals surface area contributed by atoms with Crippen LogP contribution in [0.4, 0.5) is 5.69 Å². The normalized spacial score (nSPS) is 13.8. The Kier molecular flexibility index (Phi) is 5.62. The van der Waals surface area contributed by atoms with Crippen LogP contribution in [0.1, 0.15) is 12.0 Å². The van der Waals surface area contributed by atoms with Crippen molar-refractivity contribution in [1.82, 2.24) is 0 Å². The summed E-state index contributed by atoms with van der Waals surface area (Å²) in [6, 6.07) is 11.0. The predicted molar refractivity (Wildman–Crippen MR) is 95.3 cm³/mol. The maximum Gasteiger partial charge on any atom is 0.269 e.